The fourth-order valence-corrected chi connectivity index (χ4v) is 1.11. The molecular formula is C11H17NO. The molecule has 1 atom stereocenters. The number of rotatable bonds is 3. The maximum Gasteiger partial charge on any atom is 0.0776 e. The largest absolute Gasteiger partial charge is 0.389 e. The van der Waals surface area contributed by atoms with Crippen molar-refractivity contribution in [1.29, 1.82) is 0 Å². The molecule has 0 amide bonds. The number of aromatic nitrogens is 1. The zero-order valence-corrected chi connectivity index (χ0v) is 8.49. The van der Waals surface area contributed by atoms with Crippen LogP contribution in [0.4, 0.5) is 0 Å². The van der Waals surface area contributed by atoms with Gasteiger partial charge in [-0.05, 0) is 32.4 Å². The van der Waals surface area contributed by atoms with Gasteiger partial charge in [0.15, 0.2) is 0 Å². The van der Waals surface area contributed by atoms with Gasteiger partial charge in [0.1, 0.15) is 0 Å². The molecule has 0 aliphatic rings. The molecular weight excluding hydrogens is 162 g/mol. The number of allylic oxidation sites excluding steroid dienone is 2. The molecule has 1 N–H and O–H groups in total. The third-order valence-electron chi connectivity index (χ3n) is 1.97. The molecule has 0 saturated heterocycles. The van der Waals surface area contributed by atoms with E-state index in [-0.39, 0.29) is 6.10 Å². The molecule has 0 spiro atoms. The number of hydrogen-bond acceptors (Lipinski definition) is 1. The molecule has 0 radical (unpaired) electrons. The SMILES string of the molecule is CC(C)=CCn1ccc(C(C)O)c1. The minimum absolute atomic E-state index is 0.368. The van der Waals surface area contributed by atoms with Crippen LogP contribution in [0, 0.1) is 0 Å². The van der Waals surface area contributed by atoms with Crippen LogP contribution in [0.1, 0.15) is 32.4 Å². The standard InChI is InChI=1S/C11H17NO/c1-9(2)4-6-12-7-5-11(8-12)10(3)13/h4-5,7-8,10,13H,6H2,1-3H3. The van der Waals surface area contributed by atoms with Crippen LogP contribution in [0.25, 0.3) is 0 Å². The molecule has 0 aliphatic heterocycles. The van der Waals surface area contributed by atoms with Crippen LogP contribution in [0.2, 0.25) is 0 Å². The maximum atomic E-state index is 9.29. The van der Waals surface area contributed by atoms with Crippen molar-refractivity contribution in [3.8, 4) is 0 Å². The minimum atomic E-state index is -0.368. The summed E-state index contributed by atoms with van der Waals surface area (Å²) in [5.41, 5.74) is 2.29. The van der Waals surface area contributed by atoms with E-state index in [1.807, 2.05) is 18.5 Å². The van der Waals surface area contributed by atoms with Crippen molar-refractivity contribution in [2.45, 2.75) is 33.4 Å². The Morgan fingerprint density at radius 2 is 2.31 bits per heavy atom. The second-order valence-corrected chi connectivity index (χ2v) is 3.60. The lowest BCUT2D eigenvalue weighted by molar-refractivity contribution is 0.199. The van der Waals surface area contributed by atoms with Crippen LogP contribution in [-0.2, 0) is 6.54 Å². The smallest absolute Gasteiger partial charge is 0.0776 e. The zero-order valence-electron chi connectivity index (χ0n) is 8.49. The van der Waals surface area contributed by atoms with Crippen molar-refractivity contribution in [2.24, 2.45) is 0 Å². The average molecular weight is 179 g/mol. The fourth-order valence-electron chi connectivity index (χ4n) is 1.11. The molecule has 13 heavy (non-hydrogen) atoms. The highest BCUT2D eigenvalue weighted by Gasteiger charge is 2.00. The van der Waals surface area contributed by atoms with Gasteiger partial charge < -0.3 is 9.67 Å². The number of hydrogen-bond donors (Lipinski definition) is 1. The van der Waals surface area contributed by atoms with E-state index in [2.05, 4.69) is 24.5 Å². The Labute approximate surface area is 79.5 Å². The lowest BCUT2D eigenvalue weighted by Crippen LogP contribution is -1.92. The molecule has 1 aromatic heterocycles. The van der Waals surface area contributed by atoms with Gasteiger partial charge in [-0.3, -0.25) is 0 Å². The van der Waals surface area contributed by atoms with Crippen LogP contribution in [-0.4, -0.2) is 9.67 Å². The molecule has 0 aliphatic carbocycles. The summed E-state index contributed by atoms with van der Waals surface area (Å²) < 4.78 is 2.06. The molecule has 0 fully saturated rings. The number of aliphatic hydroxyl groups is 1. The molecule has 0 bridgehead atoms. The van der Waals surface area contributed by atoms with Crippen LogP contribution >= 0.6 is 0 Å². The van der Waals surface area contributed by atoms with Crippen molar-refractivity contribution in [3.63, 3.8) is 0 Å². The quantitative estimate of drug-likeness (QED) is 0.709. The lowest BCUT2D eigenvalue weighted by Gasteiger charge is -1.99. The summed E-state index contributed by atoms with van der Waals surface area (Å²) in [5.74, 6) is 0. The number of nitrogens with zero attached hydrogens (tertiary/aromatic N) is 1. The first kappa shape index (κ1) is 10.1. The Kier molecular flexibility index (Phi) is 3.32. The van der Waals surface area contributed by atoms with Gasteiger partial charge in [0.25, 0.3) is 0 Å². The summed E-state index contributed by atoms with van der Waals surface area (Å²) in [6.45, 7) is 6.83. The normalized spacial score (nSPS) is 12.6. The minimum Gasteiger partial charge on any atom is -0.389 e. The molecule has 2 nitrogen and oxygen atoms in total. The molecule has 2 heteroatoms. The van der Waals surface area contributed by atoms with Crippen molar-refractivity contribution in [3.05, 3.63) is 35.7 Å². The van der Waals surface area contributed by atoms with E-state index in [9.17, 15) is 5.11 Å². The van der Waals surface area contributed by atoms with Crippen LogP contribution in [0.15, 0.2) is 30.1 Å². The van der Waals surface area contributed by atoms with Gasteiger partial charge in [-0.15, -0.1) is 0 Å². The predicted octanol–water partition coefficient (Wildman–Crippen LogP) is 2.51. The molecule has 0 aromatic carbocycles. The average Bonchev–Trinajstić information content (AvgIpc) is 2.48. The first-order valence-corrected chi connectivity index (χ1v) is 4.56. The monoisotopic (exact) mass is 179 g/mol. The van der Waals surface area contributed by atoms with E-state index >= 15 is 0 Å². The van der Waals surface area contributed by atoms with Crippen LogP contribution in [0.5, 0.6) is 0 Å². The Hall–Kier alpha value is -1.02. The van der Waals surface area contributed by atoms with Crippen molar-refractivity contribution in [2.75, 3.05) is 0 Å². The van der Waals surface area contributed by atoms with E-state index in [4.69, 9.17) is 0 Å². The van der Waals surface area contributed by atoms with Crippen LogP contribution < -0.4 is 0 Å². The Balaban J connectivity index is 2.64. The van der Waals surface area contributed by atoms with Crippen molar-refractivity contribution in [1.82, 2.24) is 4.57 Å². The third kappa shape index (κ3) is 3.07. The summed E-state index contributed by atoms with van der Waals surface area (Å²) in [6.07, 6.45) is 5.75. The van der Waals surface area contributed by atoms with Crippen molar-refractivity contribution >= 4 is 0 Å². The topological polar surface area (TPSA) is 25.2 Å². The first-order valence-electron chi connectivity index (χ1n) is 4.56. The molecule has 1 unspecified atom stereocenters. The zero-order chi connectivity index (χ0) is 9.84. The molecule has 0 saturated carbocycles. The first-order chi connectivity index (χ1) is 6.09. The summed E-state index contributed by atoms with van der Waals surface area (Å²) in [6, 6.07) is 1.95. The van der Waals surface area contributed by atoms with Gasteiger partial charge in [0.2, 0.25) is 0 Å². The van der Waals surface area contributed by atoms with Gasteiger partial charge in [0, 0.05) is 18.9 Å². The van der Waals surface area contributed by atoms with Gasteiger partial charge in [-0.25, -0.2) is 0 Å². The summed E-state index contributed by atoms with van der Waals surface area (Å²) >= 11 is 0. The van der Waals surface area contributed by atoms with E-state index in [0.29, 0.717) is 0 Å². The highest BCUT2D eigenvalue weighted by Crippen LogP contribution is 2.11. The Morgan fingerprint density at radius 1 is 1.62 bits per heavy atom. The van der Waals surface area contributed by atoms with E-state index in [1.165, 1.54) is 5.57 Å². The summed E-state index contributed by atoms with van der Waals surface area (Å²) in [4.78, 5) is 0. The van der Waals surface area contributed by atoms with Gasteiger partial charge in [-0.2, -0.15) is 0 Å². The fraction of sp³-hybridized carbons (Fsp3) is 0.455. The van der Waals surface area contributed by atoms with E-state index in [0.717, 1.165) is 12.1 Å². The molecule has 1 aromatic rings. The second-order valence-electron chi connectivity index (χ2n) is 3.60. The van der Waals surface area contributed by atoms with E-state index < -0.39 is 0 Å². The van der Waals surface area contributed by atoms with Gasteiger partial charge in [0.05, 0.1) is 6.10 Å². The van der Waals surface area contributed by atoms with Gasteiger partial charge >= 0.3 is 0 Å². The summed E-state index contributed by atoms with van der Waals surface area (Å²) in [7, 11) is 0. The molecule has 1 rings (SSSR count). The summed E-state index contributed by atoms with van der Waals surface area (Å²) in [5, 5.41) is 9.29. The molecule has 1 heterocycles. The Bertz CT molecular complexity index is 293. The highest BCUT2D eigenvalue weighted by atomic mass is 16.3. The maximum absolute atomic E-state index is 9.29. The second kappa shape index (κ2) is 4.28. The molecule has 72 valence electrons. The highest BCUT2D eigenvalue weighted by molar-refractivity contribution is 5.13. The van der Waals surface area contributed by atoms with Crippen molar-refractivity contribution < 1.29 is 5.11 Å². The Morgan fingerprint density at radius 3 is 2.77 bits per heavy atom. The van der Waals surface area contributed by atoms with Crippen LogP contribution in [0.3, 0.4) is 0 Å². The third-order valence-corrected chi connectivity index (χ3v) is 1.97. The number of aliphatic hydroxyl groups excluding tert-OH is 1. The lowest BCUT2D eigenvalue weighted by atomic mass is 10.2. The van der Waals surface area contributed by atoms with Gasteiger partial charge in [-0.1, -0.05) is 11.6 Å². The predicted molar refractivity (Wildman–Crippen MR) is 54.5 cm³/mol. The van der Waals surface area contributed by atoms with E-state index in [1.54, 1.807) is 6.92 Å².